The van der Waals surface area contributed by atoms with E-state index in [1.54, 1.807) is 19.2 Å². The number of carbonyl (C=O) groups excluding carboxylic acids is 1. The van der Waals surface area contributed by atoms with Gasteiger partial charge in [-0.25, -0.2) is 0 Å². The summed E-state index contributed by atoms with van der Waals surface area (Å²) in [4.78, 5) is 11.7. The van der Waals surface area contributed by atoms with Crippen LogP contribution in [0.15, 0.2) is 45.5 Å². The molecular formula is C13H12BrNO3. The van der Waals surface area contributed by atoms with E-state index in [9.17, 15) is 4.79 Å². The van der Waals surface area contributed by atoms with E-state index in [-0.39, 0.29) is 5.91 Å². The lowest BCUT2D eigenvalue weighted by atomic mass is 10.2. The first-order valence-corrected chi connectivity index (χ1v) is 6.14. The van der Waals surface area contributed by atoms with E-state index in [1.807, 2.05) is 18.2 Å². The van der Waals surface area contributed by atoms with Crippen LogP contribution in [-0.2, 0) is 6.54 Å². The third-order valence-electron chi connectivity index (χ3n) is 2.43. The number of amides is 1. The molecule has 0 aliphatic heterocycles. The van der Waals surface area contributed by atoms with Crippen LogP contribution in [0.3, 0.4) is 0 Å². The molecule has 1 amide bonds. The van der Waals surface area contributed by atoms with Gasteiger partial charge in [0.05, 0.1) is 13.4 Å². The van der Waals surface area contributed by atoms with E-state index in [2.05, 4.69) is 21.2 Å². The van der Waals surface area contributed by atoms with Gasteiger partial charge in [-0.3, -0.25) is 4.79 Å². The first-order chi connectivity index (χ1) is 8.70. The first kappa shape index (κ1) is 12.7. The molecule has 1 N–H and O–H groups in total. The Morgan fingerprint density at radius 1 is 1.44 bits per heavy atom. The van der Waals surface area contributed by atoms with Gasteiger partial charge < -0.3 is 14.5 Å². The zero-order valence-electron chi connectivity index (χ0n) is 9.77. The van der Waals surface area contributed by atoms with Gasteiger partial charge in [0.25, 0.3) is 5.91 Å². The van der Waals surface area contributed by atoms with Gasteiger partial charge in [0.2, 0.25) is 0 Å². The molecule has 0 unspecified atom stereocenters. The molecule has 18 heavy (non-hydrogen) atoms. The Hall–Kier alpha value is -1.75. The molecule has 1 heterocycles. The van der Waals surface area contributed by atoms with Crippen LogP contribution < -0.4 is 10.1 Å². The van der Waals surface area contributed by atoms with E-state index < -0.39 is 0 Å². The summed E-state index contributed by atoms with van der Waals surface area (Å²) >= 11 is 3.38. The second-order valence-corrected chi connectivity index (χ2v) is 4.53. The van der Waals surface area contributed by atoms with Gasteiger partial charge in [0, 0.05) is 16.6 Å². The summed E-state index contributed by atoms with van der Waals surface area (Å²) in [6.45, 7) is 0.377. The lowest BCUT2D eigenvalue weighted by Gasteiger charge is -2.09. The highest BCUT2D eigenvalue weighted by Gasteiger charge is 2.09. The van der Waals surface area contributed by atoms with E-state index in [4.69, 9.17) is 9.15 Å². The highest BCUT2D eigenvalue weighted by molar-refractivity contribution is 9.10. The predicted molar refractivity (Wildman–Crippen MR) is 70.6 cm³/mol. The van der Waals surface area contributed by atoms with Gasteiger partial charge in [-0.1, -0.05) is 15.9 Å². The molecular weight excluding hydrogens is 298 g/mol. The molecule has 2 rings (SSSR count). The number of carbonyl (C=O) groups is 1. The Labute approximate surface area is 113 Å². The van der Waals surface area contributed by atoms with Crippen LogP contribution >= 0.6 is 15.9 Å². The molecule has 0 aliphatic rings. The summed E-state index contributed by atoms with van der Waals surface area (Å²) < 4.78 is 11.2. The van der Waals surface area contributed by atoms with Crippen LogP contribution in [0.1, 0.15) is 16.1 Å². The lowest BCUT2D eigenvalue weighted by Crippen LogP contribution is -2.22. The molecule has 0 radical (unpaired) electrons. The van der Waals surface area contributed by atoms with Crippen molar-refractivity contribution in [2.75, 3.05) is 7.11 Å². The predicted octanol–water partition coefficient (Wildman–Crippen LogP) is 2.98. The number of benzene rings is 1. The fourth-order valence-corrected chi connectivity index (χ4v) is 1.96. The number of nitrogens with one attached hydrogen (secondary N) is 1. The fourth-order valence-electron chi connectivity index (χ4n) is 1.56. The summed E-state index contributed by atoms with van der Waals surface area (Å²) in [5.74, 6) is 0.781. The van der Waals surface area contributed by atoms with E-state index >= 15 is 0 Å². The van der Waals surface area contributed by atoms with Gasteiger partial charge in [-0.05, 0) is 30.3 Å². The van der Waals surface area contributed by atoms with Crippen molar-refractivity contribution in [2.45, 2.75) is 6.54 Å². The third-order valence-corrected chi connectivity index (χ3v) is 2.92. The maximum atomic E-state index is 11.7. The number of halogens is 1. The monoisotopic (exact) mass is 309 g/mol. The largest absolute Gasteiger partial charge is 0.496 e. The second-order valence-electron chi connectivity index (χ2n) is 3.62. The minimum Gasteiger partial charge on any atom is -0.496 e. The zero-order chi connectivity index (χ0) is 13.0. The van der Waals surface area contributed by atoms with Crippen LogP contribution in [0.2, 0.25) is 0 Å². The summed E-state index contributed by atoms with van der Waals surface area (Å²) in [6.07, 6.45) is 1.47. The van der Waals surface area contributed by atoms with Gasteiger partial charge >= 0.3 is 0 Å². The summed E-state index contributed by atoms with van der Waals surface area (Å²) in [5.41, 5.74) is 0.895. The maximum Gasteiger partial charge on any atom is 0.287 e. The highest BCUT2D eigenvalue weighted by Crippen LogP contribution is 2.22. The molecule has 1 aromatic carbocycles. The van der Waals surface area contributed by atoms with E-state index in [0.717, 1.165) is 15.8 Å². The lowest BCUT2D eigenvalue weighted by molar-refractivity contribution is 0.0923. The van der Waals surface area contributed by atoms with Crippen LogP contribution in [0, 0.1) is 0 Å². The maximum absolute atomic E-state index is 11.7. The van der Waals surface area contributed by atoms with Gasteiger partial charge in [-0.2, -0.15) is 0 Å². The molecule has 0 saturated carbocycles. The third kappa shape index (κ3) is 2.92. The van der Waals surface area contributed by atoms with Gasteiger partial charge in [0.15, 0.2) is 5.76 Å². The molecule has 0 atom stereocenters. The van der Waals surface area contributed by atoms with Crippen molar-refractivity contribution in [3.05, 3.63) is 52.4 Å². The molecule has 94 valence electrons. The van der Waals surface area contributed by atoms with Gasteiger partial charge in [0.1, 0.15) is 5.75 Å². The van der Waals surface area contributed by atoms with E-state index in [1.165, 1.54) is 6.26 Å². The standard InChI is InChI=1S/C13H12BrNO3/c1-17-11-5-4-10(14)7-9(11)8-15-13(16)12-3-2-6-18-12/h2-7H,8H2,1H3,(H,15,16). The Bertz CT molecular complexity index is 537. The molecule has 0 spiro atoms. The number of furan rings is 1. The first-order valence-electron chi connectivity index (χ1n) is 5.35. The minimum absolute atomic E-state index is 0.248. The van der Waals surface area contributed by atoms with Crippen molar-refractivity contribution in [2.24, 2.45) is 0 Å². The smallest absolute Gasteiger partial charge is 0.287 e. The summed E-state index contributed by atoms with van der Waals surface area (Å²) in [5, 5.41) is 2.77. The zero-order valence-corrected chi connectivity index (χ0v) is 11.4. The average molecular weight is 310 g/mol. The molecule has 0 fully saturated rings. The molecule has 2 aromatic rings. The van der Waals surface area contributed by atoms with Crippen molar-refractivity contribution in [3.63, 3.8) is 0 Å². The quantitative estimate of drug-likeness (QED) is 0.944. The molecule has 1 aromatic heterocycles. The molecule has 4 nitrogen and oxygen atoms in total. The number of rotatable bonds is 4. The van der Waals surface area contributed by atoms with Gasteiger partial charge in [-0.15, -0.1) is 0 Å². The van der Waals surface area contributed by atoms with Crippen LogP contribution in [0.4, 0.5) is 0 Å². The number of hydrogen-bond acceptors (Lipinski definition) is 3. The molecule has 0 saturated heterocycles. The fraction of sp³-hybridized carbons (Fsp3) is 0.154. The Balaban J connectivity index is 2.06. The van der Waals surface area contributed by atoms with E-state index in [0.29, 0.717) is 12.3 Å². The van der Waals surface area contributed by atoms with Crippen molar-refractivity contribution < 1.29 is 13.9 Å². The number of hydrogen-bond donors (Lipinski definition) is 1. The molecule has 5 heteroatoms. The van der Waals surface area contributed by atoms with Crippen molar-refractivity contribution in [3.8, 4) is 5.75 Å². The normalized spacial score (nSPS) is 10.1. The minimum atomic E-state index is -0.248. The Morgan fingerprint density at radius 3 is 2.94 bits per heavy atom. The van der Waals surface area contributed by atoms with Crippen LogP contribution in [0.25, 0.3) is 0 Å². The summed E-state index contributed by atoms with van der Waals surface area (Å²) in [7, 11) is 1.60. The Kier molecular flexibility index (Phi) is 4.04. The molecule has 0 aliphatic carbocycles. The Morgan fingerprint density at radius 2 is 2.28 bits per heavy atom. The molecule has 0 bridgehead atoms. The van der Waals surface area contributed by atoms with Crippen LogP contribution in [0.5, 0.6) is 5.75 Å². The van der Waals surface area contributed by atoms with Crippen LogP contribution in [-0.4, -0.2) is 13.0 Å². The van der Waals surface area contributed by atoms with Crippen molar-refractivity contribution in [1.82, 2.24) is 5.32 Å². The topological polar surface area (TPSA) is 51.5 Å². The average Bonchev–Trinajstić information content (AvgIpc) is 2.90. The van der Waals surface area contributed by atoms with Crippen molar-refractivity contribution >= 4 is 21.8 Å². The highest BCUT2D eigenvalue weighted by atomic mass is 79.9. The number of ether oxygens (including phenoxy) is 1. The second kappa shape index (κ2) is 5.73. The summed E-state index contributed by atoms with van der Waals surface area (Å²) in [6, 6.07) is 8.93. The number of methoxy groups -OCH3 is 1. The SMILES string of the molecule is COc1ccc(Br)cc1CNC(=O)c1ccco1. The van der Waals surface area contributed by atoms with Crippen molar-refractivity contribution in [1.29, 1.82) is 0 Å².